The average Bonchev–Trinajstić information content (AvgIpc) is 3.26. The Morgan fingerprint density at radius 2 is 1.64 bits per heavy atom. The zero-order chi connectivity index (χ0) is 19.9. The second-order valence-corrected chi connectivity index (χ2v) is 6.86. The van der Waals surface area contributed by atoms with E-state index in [0.29, 0.717) is 23.8 Å². The Kier molecular flexibility index (Phi) is 6.63. The van der Waals surface area contributed by atoms with Crippen LogP contribution in [0.3, 0.4) is 0 Å². The number of amides is 2. The van der Waals surface area contributed by atoms with Crippen LogP contribution in [0.5, 0.6) is 17.2 Å². The summed E-state index contributed by atoms with van der Waals surface area (Å²) >= 11 is 0. The number of rotatable bonds is 7. The van der Waals surface area contributed by atoms with Crippen LogP contribution in [0.15, 0.2) is 42.5 Å². The topological polar surface area (TPSA) is 60.0 Å². The fourth-order valence-corrected chi connectivity index (χ4v) is 3.77. The monoisotopic (exact) mass is 384 g/mol. The van der Waals surface area contributed by atoms with Crippen molar-refractivity contribution in [3.63, 3.8) is 0 Å². The van der Waals surface area contributed by atoms with E-state index in [1.165, 1.54) is 0 Å². The number of carbonyl (C=O) groups excluding carboxylic acids is 1. The molecule has 1 N–H and O–H groups in total. The van der Waals surface area contributed by atoms with Gasteiger partial charge >= 0.3 is 6.03 Å². The summed E-state index contributed by atoms with van der Waals surface area (Å²) in [5.41, 5.74) is 1.67. The van der Waals surface area contributed by atoms with Crippen molar-refractivity contribution in [1.29, 1.82) is 0 Å². The van der Waals surface area contributed by atoms with Gasteiger partial charge in [-0.2, -0.15) is 0 Å². The predicted molar refractivity (Wildman–Crippen MR) is 109 cm³/mol. The number of carbonyl (C=O) groups is 1. The zero-order valence-corrected chi connectivity index (χ0v) is 16.7. The summed E-state index contributed by atoms with van der Waals surface area (Å²) in [6.45, 7) is 0.437. The van der Waals surface area contributed by atoms with Gasteiger partial charge in [-0.15, -0.1) is 0 Å². The molecule has 2 aromatic carbocycles. The van der Waals surface area contributed by atoms with Gasteiger partial charge in [0, 0.05) is 17.3 Å². The SMILES string of the molecule is COc1ccc(CN(C(=O)Nc2ccccc2)C2CCCC2)c(OC)c1OC. The van der Waals surface area contributed by atoms with Crippen LogP contribution in [0.25, 0.3) is 0 Å². The van der Waals surface area contributed by atoms with E-state index in [4.69, 9.17) is 14.2 Å². The third-order valence-corrected chi connectivity index (χ3v) is 5.18. The van der Waals surface area contributed by atoms with Crippen molar-refractivity contribution >= 4 is 11.7 Å². The summed E-state index contributed by atoms with van der Waals surface area (Å²) in [7, 11) is 4.78. The fraction of sp³-hybridized carbons (Fsp3) is 0.409. The van der Waals surface area contributed by atoms with E-state index in [1.807, 2.05) is 47.4 Å². The van der Waals surface area contributed by atoms with Crippen molar-refractivity contribution in [3.8, 4) is 17.2 Å². The highest BCUT2D eigenvalue weighted by atomic mass is 16.5. The summed E-state index contributed by atoms with van der Waals surface area (Å²) in [5, 5.41) is 3.02. The first kappa shape index (κ1) is 19.9. The molecule has 1 aliphatic carbocycles. The van der Waals surface area contributed by atoms with E-state index >= 15 is 0 Å². The van der Waals surface area contributed by atoms with E-state index in [-0.39, 0.29) is 12.1 Å². The van der Waals surface area contributed by atoms with Crippen LogP contribution in [0, 0.1) is 0 Å². The number of methoxy groups -OCH3 is 3. The lowest BCUT2D eigenvalue weighted by molar-refractivity contribution is 0.183. The van der Waals surface area contributed by atoms with E-state index in [0.717, 1.165) is 36.9 Å². The van der Waals surface area contributed by atoms with Crippen molar-refractivity contribution in [2.45, 2.75) is 38.3 Å². The highest BCUT2D eigenvalue weighted by Gasteiger charge is 2.28. The second kappa shape index (κ2) is 9.35. The highest BCUT2D eigenvalue weighted by Crippen LogP contribution is 2.40. The maximum Gasteiger partial charge on any atom is 0.322 e. The van der Waals surface area contributed by atoms with Crippen LogP contribution < -0.4 is 19.5 Å². The highest BCUT2D eigenvalue weighted by molar-refractivity contribution is 5.89. The van der Waals surface area contributed by atoms with Crippen molar-refractivity contribution < 1.29 is 19.0 Å². The molecule has 1 fully saturated rings. The molecule has 0 aromatic heterocycles. The minimum Gasteiger partial charge on any atom is -0.493 e. The molecule has 0 radical (unpaired) electrons. The number of hydrogen-bond donors (Lipinski definition) is 1. The smallest absolute Gasteiger partial charge is 0.322 e. The van der Waals surface area contributed by atoms with E-state index in [9.17, 15) is 4.79 Å². The van der Waals surface area contributed by atoms with Crippen LogP contribution in [-0.2, 0) is 6.54 Å². The lowest BCUT2D eigenvalue weighted by Crippen LogP contribution is -2.41. The molecule has 0 saturated heterocycles. The molecule has 1 aliphatic rings. The Labute approximate surface area is 166 Å². The molecule has 0 unspecified atom stereocenters. The summed E-state index contributed by atoms with van der Waals surface area (Å²) in [5.74, 6) is 1.74. The number of hydrogen-bond acceptors (Lipinski definition) is 4. The van der Waals surface area contributed by atoms with Crippen molar-refractivity contribution in [2.24, 2.45) is 0 Å². The first-order chi connectivity index (χ1) is 13.7. The normalized spacial score (nSPS) is 13.8. The standard InChI is InChI=1S/C22H28N2O4/c1-26-19-14-13-16(20(27-2)21(19)28-3)15-24(18-11-7-8-12-18)22(25)23-17-9-5-4-6-10-17/h4-6,9-10,13-14,18H,7-8,11-12,15H2,1-3H3,(H,23,25). The Balaban J connectivity index is 1.88. The van der Waals surface area contributed by atoms with Gasteiger partial charge in [0.05, 0.1) is 27.9 Å². The third-order valence-electron chi connectivity index (χ3n) is 5.18. The van der Waals surface area contributed by atoms with Crippen LogP contribution in [0.1, 0.15) is 31.2 Å². The molecule has 6 nitrogen and oxygen atoms in total. The van der Waals surface area contributed by atoms with Crippen molar-refractivity contribution in [2.75, 3.05) is 26.6 Å². The molecular formula is C22H28N2O4. The van der Waals surface area contributed by atoms with Crippen molar-refractivity contribution in [1.82, 2.24) is 4.90 Å². The summed E-state index contributed by atoms with van der Waals surface area (Å²) in [6, 6.07) is 13.4. The Morgan fingerprint density at radius 3 is 2.25 bits per heavy atom. The lowest BCUT2D eigenvalue weighted by Gasteiger charge is -2.30. The Bertz CT molecular complexity index is 789. The van der Waals surface area contributed by atoms with Gasteiger partial charge in [0.2, 0.25) is 5.75 Å². The van der Waals surface area contributed by atoms with Gasteiger partial charge < -0.3 is 24.4 Å². The molecule has 0 aliphatic heterocycles. The van der Waals surface area contributed by atoms with Gasteiger partial charge in [0.15, 0.2) is 11.5 Å². The molecule has 2 aromatic rings. The van der Waals surface area contributed by atoms with Gasteiger partial charge in [0.1, 0.15) is 0 Å². The third kappa shape index (κ3) is 4.32. The van der Waals surface area contributed by atoms with Gasteiger partial charge in [-0.1, -0.05) is 31.0 Å². The van der Waals surface area contributed by atoms with Gasteiger partial charge in [0.25, 0.3) is 0 Å². The van der Waals surface area contributed by atoms with Crippen molar-refractivity contribution in [3.05, 3.63) is 48.0 Å². The molecule has 150 valence electrons. The quantitative estimate of drug-likeness (QED) is 0.752. The molecule has 1 saturated carbocycles. The summed E-state index contributed by atoms with van der Waals surface area (Å²) < 4.78 is 16.5. The Hall–Kier alpha value is -2.89. The number of ether oxygens (including phenoxy) is 3. The van der Waals surface area contributed by atoms with Crippen LogP contribution in [0.4, 0.5) is 10.5 Å². The average molecular weight is 384 g/mol. The van der Waals surface area contributed by atoms with Crippen LogP contribution >= 0.6 is 0 Å². The van der Waals surface area contributed by atoms with Gasteiger partial charge in [-0.05, 0) is 37.1 Å². The first-order valence-corrected chi connectivity index (χ1v) is 9.58. The summed E-state index contributed by atoms with van der Waals surface area (Å²) in [6.07, 6.45) is 4.31. The lowest BCUT2D eigenvalue weighted by atomic mass is 10.1. The maximum atomic E-state index is 13.1. The summed E-state index contributed by atoms with van der Waals surface area (Å²) in [4.78, 5) is 15.0. The largest absolute Gasteiger partial charge is 0.493 e. The first-order valence-electron chi connectivity index (χ1n) is 9.58. The predicted octanol–water partition coefficient (Wildman–Crippen LogP) is 4.69. The van der Waals surface area contributed by atoms with E-state index < -0.39 is 0 Å². The molecule has 0 heterocycles. The maximum absolute atomic E-state index is 13.1. The molecule has 28 heavy (non-hydrogen) atoms. The molecule has 0 atom stereocenters. The molecule has 6 heteroatoms. The molecule has 3 rings (SSSR count). The fourth-order valence-electron chi connectivity index (χ4n) is 3.77. The number of benzene rings is 2. The second-order valence-electron chi connectivity index (χ2n) is 6.86. The molecule has 0 spiro atoms. The minimum absolute atomic E-state index is 0.102. The number of para-hydroxylation sites is 1. The number of nitrogens with one attached hydrogen (secondary N) is 1. The van der Waals surface area contributed by atoms with Gasteiger partial charge in [-0.3, -0.25) is 0 Å². The molecular weight excluding hydrogens is 356 g/mol. The number of anilines is 1. The van der Waals surface area contributed by atoms with E-state index in [2.05, 4.69) is 5.32 Å². The van der Waals surface area contributed by atoms with E-state index in [1.54, 1.807) is 21.3 Å². The Morgan fingerprint density at radius 1 is 0.964 bits per heavy atom. The van der Waals surface area contributed by atoms with Crippen LogP contribution in [0.2, 0.25) is 0 Å². The van der Waals surface area contributed by atoms with Crippen LogP contribution in [-0.4, -0.2) is 38.3 Å². The minimum atomic E-state index is -0.102. The zero-order valence-electron chi connectivity index (χ0n) is 16.7. The van der Waals surface area contributed by atoms with Gasteiger partial charge in [-0.25, -0.2) is 4.79 Å². The molecule has 2 amide bonds. The number of urea groups is 1. The molecule has 0 bridgehead atoms. The number of nitrogens with zero attached hydrogens (tertiary/aromatic N) is 1.